The summed E-state index contributed by atoms with van der Waals surface area (Å²) in [5.74, 6) is -0.961. The molecule has 1 saturated heterocycles. The summed E-state index contributed by atoms with van der Waals surface area (Å²) in [6.07, 6.45) is 0.381. The van der Waals surface area contributed by atoms with Crippen LogP contribution in [0.25, 0.3) is 0 Å². The van der Waals surface area contributed by atoms with E-state index in [2.05, 4.69) is 34.5 Å². The predicted octanol–water partition coefficient (Wildman–Crippen LogP) is 4.89. The number of esters is 2. The molecule has 35 heavy (non-hydrogen) atoms. The van der Waals surface area contributed by atoms with Gasteiger partial charge in [-0.05, 0) is 59.1 Å². The van der Waals surface area contributed by atoms with Gasteiger partial charge in [0.05, 0.1) is 5.92 Å². The van der Waals surface area contributed by atoms with Crippen molar-refractivity contribution in [2.24, 2.45) is 5.92 Å². The maximum atomic E-state index is 13.3. The van der Waals surface area contributed by atoms with Gasteiger partial charge in [-0.2, -0.15) is 0 Å². The van der Waals surface area contributed by atoms with Gasteiger partial charge in [-0.25, -0.2) is 0 Å². The molecule has 0 spiro atoms. The third-order valence-corrected chi connectivity index (χ3v) is 5.85. The van der Waals surface area contributed by atoms with Gasteiger partial charge >= 0.3 is 11.9 Å². The first-order valence-corrected chi connectivity index (χ1v) is 12.4. The number of nitrogens with one attached hydrogen (secondary N) is 1. The number of ether oxygens (including phenoxy) is 2. The molecule has 0 unspecified atom stereocenters. The molecule has 0 amide bonds. The van der Waals surface area contributed by atoms with Crippen molar-refractivity contribution in [2.75, 3.05) is 13.1 Å². The van der Waals surface area contributed by atoms with Gasteiger partial charge in [0.25, 0.3) is 0 Å². The fourth-order valence-electron chi connectivity index (χ4n) is 4.41. The van der Waals surface area contributed by atoms with Crippen molar-refractivity contribution < 1.29 is 19.1 Å². The highest BCUT2D eigenvalue weighted by atomic mass is 16.6. The van der Waals surface area contributed by atoms with Crippen LogP contribution in [-0.2, 0) is 25.6 Å². The third-order valence-electron chi connectivity index (χ3n) is 5.85. The van der Waals surface area contributed by atoms with Gasteiger partial charge in [0.1, 0.15) is 17.2 Å². The molecule has 1 fully saturated rings. The smallest absolute Gasteiger partial charge is 0.323 e. The Morgan fingerprint density at radius 1 is 0.886 bits per heavy atom. The second kappa shape index (κ2) is 11.4. The van der Waals surface area contributed by atoms with Crippen LogP contribution in [0.15, 0.2) is 60.7 Å². The van der Waals surface area contributed by atoms with E-state index in [1.165, 1.54) is 5.56 Å². The van der Waals surface area contributed by atoms with Crippen molar-refractivity contribution in [3.63, 3.8) is 0 Å². The van der Waals surface area contributed by atoms with Crippen LogP contribution in [0.1, 0.15) is 65.1 Å². The molecule has 190 valence electrons. The van der Waals surface area contributed by atoms with E-state index in [0.717, 1.165) is 5.56 Å². The molecule has 6 heteroatoms. The van der Waals surface area contributed by atoms with E-state index in [0.29, 0.717) is 26.1 Å². The molecule has 0 radical (unpaired) electrons. The summed E-state index contributed by atoms with van der Waals surface area (Å²) in [4.78, 5) is 28.4. The predicted molar refractivity (Wildman–Crippen MR) is 138 cm³/mol. The number of benzene rings is 2. The maximum Gasteiger partial charge on any atom is 0.323 e. The molecule has 2 aromatic carbocycles. The van der Waals surface area contributed by atoms with Crippen LogP contribution in [0.5, 0.6) is 0 Å². The molecule has 1 aliphatic heterocycles. The summed E-state index contributed by atoms with van der Waals surface area (Å²) in [5, 5.41) is 3.56. The van der Waals surface area contributed by atoms with Crippen molar-refractivity contribution in [1.82, 2.24) is 10.2 Å². The normalized spacial score (nSPS) is 19.8. The number of hydrogen-bond donors (Lipinski definition) is 1. The van der Waals surface area contributed by atoms with Crippen molar-refractivity contribution in [3.05, 3.63) is 71.8 Å². The molecule has 0 bridgehead atoms. The zero-order chi connectivity index (χ0) is 25.6. The molecule has 0 aromatic heterocycles. The van der Waals surface area contributed by atoms with Gasteiger partial charge in [-0.15, -0.1) is 0 Å². The van der Waals surface area contributed by atoms with Gasteiger partial charge in [0, 0.05) is 25.7 Å². The van der Waals surface area contributed by atoms with Gasteiger partial charge in [0.15, 0.2) is 0 Å². The quantitative estimate of drug-likeness (QED) is 0.543. The largest absolute Gasteiger partial charge is 0.460 e. The Balaban J connectivity index is 1.86. The first-order valence-electron chi connectivity index (χ1n) is 12.4. The first kappa shape index (κ1) is 26.9. The molecule has 1 aliphatic rings. The highest BCUT2D eigenvalue weighted by Crippen LogP contribution is 2.35. The molecule has 3 atom stereocenters. The zero-order valence-electron chi connectivity index (χ0n) is 21.9. The van der Waals surface area contributed by atoms with Crippen LogP contribution >= 0.6 is 0 Å². The summed E-state index contributed by atoms with van der Waals surface area (Å²) >= 11 is 0. The lowest BCUT2D eigenvalue weighted by molar-refractivity contribution is -0.161. The second-order valence-electron chi connectivity index (χ2n) is 11.3. The lowest BCUT2D eigenvalue weighted by atomic mass is 10.0. The number of hydrogen-bond acceptors (Lipinski definition) is 6. The Hall–Kier alpha value is -2.70. The number of likely N-dealkylation sites (tertiary alicyclic amines) is 1. The van der Waals surface area contributed by atoms with Gasteiger partial charge < -0.3 is 14.8 Å². The minimum Gasteiger partial charge on any atom is -0.460 e. The Morgan fingerprint density at radius 3 is 2.00 bits per heavy atom. The molecular formula is C29H40N2O4. The lowest BCUT2D eigenvalue weighted by Crippen LogP contribution is -2.45. The molecular weight excluding hydrogens is 440 g/mol. The van der Waals surface area contributed by atoms with Crippen LogP contribution in [-0.4, -0.2) is 47.2 Å². The Kier molecular flexibility index (Phi) is 8.73. The van der Waals surface area contributed by atoms with Gasteiger partial charge in [0.2, 0.25) is 0 Å². The lowest BCUT2D eigenvalue weighted by Gasteiger charge is -2.34. The maximum absolute atomic E-state index is 13.3. The number of carbonyl (C=O) groups excluding carboxylic acids is 2. The van der Waals surface area contributed by atoms with E-state index in [1.54, 1.807) is 0 Å². The van der Waals surface area contributed by atoms with Crippen LogP contribution in [0.2, 0.25) is 0 Å². The SMILES string of the molecule is CC(C)(C)OC(=O)[C@H]1C[C@@H](C(=O)OC(C)(C)C)N([C@H](CNCc2ccccc2)c2ccccc2)C1. The van der Waals surface area contributed by atoms with Gasteiger partial charge in [-0.3, -0.25) is 14.5 Å². The van der Waals surface area contributed by atoms with E-state index >= 15 is 0 Å². The third kappa shape index (κ3) is 8.18. The zero-order valence-corrected chi connectivity index (χ0v) is 21.9. The fraction of sp³-hybridized carbons (Fsp3) is 0.517. The molecule has 2 aromatic rings. The topological polar surface area (TPSA) is 67.9 Å². The summed E-state index contributed by atoms with van der Waals surface area (Å²) in [5.41, 5.74) is 1.09. The van der Waals surface area contributed by atoms with Crippen LogP contribution < -0.4 is 5.32 Å². The highest BCUT2D eigenvalue weighted by molar-refractivity contribution is 5.80. The van der Waals surface area contributed by atoms with E-state index < -0.39 is 23.2 Å². The standard InChI is InChI=1S/C29H40N2O4/c1-28(2,3)34-26(32)23-17-24(27(33)35-29(4,5)6)31(20-23)25(22-15-11-8-12-16-22)19-30-18-21-13-9-7-10-14-21/h7-16,23-25,30H,17-20H2,1-6H3/t23-,24-,25+/m0/s1. The van der Waals surface area contributed by atoms with E-state index in [-0.39, 0.29) is 18.0 Å². The summed E-state index contributed by atoms with van der Waals surface area (Å²) in [6, 6.07) is 19.7. The molecule has 0 saturated carbocycles. The molecule has 3 rings (SSSR count). The number of rotatable bonds is 8. The van der Waals surface area contributed by atoms with Crippen molar-refractivity contribution in [3.8, 4) is 0 Å². The molecule has 6 nitrogen and oxygen atoms in total. The summed E-state index contributed by atoms with van der Waals surface area (Å²) in [7, 11) is 0. The number of nitrogens with zero attached hydrogens (tertiary/aromatic N) is 1. The van der Waals surface area contributed by atoms with Gasteiger partial charge in [-0.1, -0.05) is 60.7 Å². The number of carbonyl (C=O) groups is 2. The summed E-state index contributed by atoms with van der Waals surface area (Å²) < 4.78 is 11.5. The van der Waals surface area contributed by atoms with Crippen LogP contribution in [0.4, 0.5) is 0 Å². The van der Waals surface area contributed by atoms with Crippen LogP contribution in [0, 0.1) is 5.92 Å². The average molecular weight is 481 g/mol. The molecule has 1 N–H and O–H groups in total. The average Bonchev–Trinajstić information content (AvgIpc) is 3.21. The minimum absolute atomic E-state index is 0.107. The van der Waals surface area contributed by atoms with Crippen molar-refractivity contribution >= 4 is 11.9 Å². The summed E-state index contributed by atoms with van der Waals surface area (Å²) in [6.45, 7) is 13.0. The van der Waals surface area contributed by atoms with Crippen molar-refractivity contribution in [2.45, 2.75) is 77.8 Å². The fourth-order valence-corrected chi connectivity index (χ4v) is 4.41. The monoisotopic (exact) mass is 480 g/mol. The van der Waals surface area contributed by atoms with E-state index in [4.69, 9.17) is 9.47 Å². The molecule has 1 heterocycles. The highest BCUT2D eigenvalue weighted by Gasteiger charge is 2.46. The first-order chi connectivity index (χ1) is 16.4. The Labute approximate surface area is 210 Å². The van der Waals surface area contributed by atoms with E-state index in [1.807, 2.05) is 77.9 Å². The Morgan fingerprint density at radius 2 is 1.43 bits per heavy atom. The molecule has 0 aliphatic carbocycles. The van der Waals surface area contributed by atoms with Crippen molar-refractivity contribution in [1.29, 1.82) is 0 Å². The van der Waals surface area contributed by atoms with Crippen LogP contribution in [0.3, 0.4) is 0 Å². The second-order valence-corrected chi connectivity index (χ2v) is 11.3. The minimum atomic E-state index is -0.611. The Bertz CT molecular complexity index is 964. The van der Waals surface area contributed by atoms with E-state index in [9.17, 15) is 9.59 Å².